The van der Waals surface area contributed by atoms with Gasteiger partial charge in [-0.3, -0.25) is 4.79 Å². The van der Waals surface area contributed by atoms with Crippen LogP contribution in [0.5, 0.6) is 11.6 Å². The van der Waals surface area contributed by atoms with Gasteiger partial charge in [0.05, 0.1) is 19.4 Å². The Morgan fingerprint density at radius 1 is 1.02 bits per heavy atom. The maximum absolute atomic E-state index is 12.3. The summed E-state index contributed by atoms with van der Waals surface area (Å²) in [5, 5.41) is 12.4. The Bertz CT molecular complexity index is 1700. The third-order valence-electron chi connectivity index (χ3n) is 6.75. The molecule has 0 aromatic carbocycles. The number of hydrogen-bond acceptors (Lipinski definition) is 9. The Balaban J connectivity index is 1.11. The molecule has 5 aromatic rings. The highest BCUT2D eigenvalue weighted by atomic mass is 79.9. The summed E-state index contributed by atoms with van der Waals surface area (Å²) in [5.41, 5.74) is 1.43. The first-order chi connectivity index (χ1) is 20.1. The Morgan fingerprint density at radius 3 is 2.68 bits per heavy atom. The van der Waals surface area contributed by atoms with Gasteiger partial charge in [-0.25, -0.2) is 24.5 Å². The van der Waals surface area contributed by atoms with Crippen molar-refractivity contribution in [1.29, 1.82) is 0 Å². The third kappa shape index (κ3) is 6.37. The van der Waals surface area contributed by atoms with Gasteiger partial charge in [0.25, 0.3) is 0 Å². The highest BCUT2D eigenvalue weighted by Gasteiger charge is 2.30. The van der Waals surface area contributed by atoms with E-state index in [1.807, 2.05) is 49.6 Å². The molecule has 5 heterocycles. The van der Waals surface area contributed by atoms with E-state index in [9.17, 15) is 4.79 Å². The quantitative estimate of drug-likeness (QED) is 0.137. The molecule has 0 bridgehead atoms. The lowest BCUT2D eigenvalue weighted by atomic mass is 10.1. The van der Waals surface area contributed by atoms with E-state index in [0.29, 0.717) is 48.0 Å². The van der Waals surface area contributed by atoms with Gasteiger partial charge in [-0.15, -0.1) is 5.10 Å². The number of carbonyl (C=O) groups excluding carboxylic acids is 1. The molecule has 5 aromatic heterocycles. The number of aromatic nitrogens is 6. The van der Waals surface area contributed by atoms with Gasteiger partial charge in [-0.2, -0.15) is 0 Å². The minimum atomic E-state index is 0.00546. The van der Waals surface area contributed by atoms with Gasteiger partial charge in [-0.05, 0) is 72.3 Å². The van der Waals surface area contributed by atoms with Gasteiger partial charge in [0.1, 0.15) is 22.0 Å². The highest BCUT2D eigenvalue weighted by molar-refractivity contribution is 9.10. The van der Waals surface area contributed by atoms with E-state index >= 15 is 0 Å². The average Bonchev–Trinajstić information content (AvgIpc) is 3.75. The number of amides is 1. The predicted octanol–water partition coefficient (Wildman–Crippen LogP) is 5.52. The lowest BCUT2D eigenvalue weighted by Gasteiger charge is -2.10. The molecule has 6 rings (SSSR count). The fourth-order valence-corrected chi connectivity index (χ4v) is 4.76. The Labute approximate surface area is 244 Å². The third-order valence-corrected chi connectivity index (χ3v) is 7.19. The van der Waals surface area contributed by atoms with Crippen LogP contribution in [0.1, 0.15) is 32.1 Å². The summed E-state index contributed by atoms with van der Waals surface area (Å²) >= 11 is 3.35. The fourth-order valence-electron chi connectivity index (χ4n) is 4.44. The molecule has 1 fully saturated rings. The molecule has 41 heavy (non-hydrogen) atoms. The molecule has 0 aliphatic heterocycles. The fraction of sp³-hybridized carbons (Fsp3) is 0.310. The monoisotopic (exact) mass is 616 g/mol. The Hall–Kier alpha value is -4.32. The minimum absolute atomic E-state index is 0.00546. The van der Waals surface area contributed by atoms with Crippen LogP contribution in [0.3, 0.4) is 0 Å². The molecule has 210 valence electrons. The number of rotatable bonds is 12. The zero-order chi connectivity index (χ0) is 28.2. The standard InChI is InChI=1S/C29H29BrN8O3/c1-31-27-21-15-32-24(35-29(39)18-8-9-18)14-20(21)22(16-33-27)28-36-25-11-10-19(17-38(25)37-28)40-12-3-2-4-13-41-26-7-5-6-23(30)34-26/h5-7,10-11,14-18H,2-4,8-9,12-13H2,1H3,(H,31,33)(H,32,35,39). The molecule has 0 atom stereocenters. The first kappa shape index (κ1) is 26.9. The van der Waals surface area contributed by atoms with E-state index < -0.39 is 0 Å². The molecular weight excluding hydrogens is 588 g/mol. The second-order valence-corrected chi connectivity index (χ2v) is 10.6. The average molecular weight is 618 g/mol. The van der Waals surface area contributed by atoms with Gasteiger partial charge >= 0.3 is 0 Å². The van der Waals surface area contributed by atoms with Gasteiger partial charge in [0.2, 0.25) is 11.8 Å². The molecular formula is C29H29BrN8O3. The number of ether oxygens (including phenoxy) is 2. The number of fused-ring (bicyclic) bond motifs is 2. The first-order valence-corrected chi connectivity index (χ1v) is 14.4. The summed E-state index contributed by atoms with van der Waals surface area (Å²) in [6.45, 7) is 1.20. The summed E-state index contributed by atoms with van der Waals surface area (Å²) in [5.74, 6) is 3.13. The smallest absolute Gasteiger partial charge is 0.228 e. The van der Waals surface area contributed by atoms with E-state index in [-0.39, 0.29) is 11.8 Å². The summed E-state index contributed by atoms with van der Waals surface area (Å²) < 4.78 is 14.1. The Kier molecular flexibility index (Phi) is 7.90. The zero-order valence-corrected chi connectivity index (χ0v) is 24.1. The molecule has 1 saturated carbocycles. The zero-order valence-electron chi connectivity index (χ0n) is 22.5. The second kappa shape index (κ2) is 12.0. The van der Waals surface area contributed by atoms with Crippen LogP contribution in [0.4, 0.5) is 11.6 Å². The molecule has 1 aliphatic carbocycles. The van der Waals surface area contributed by atoms with E-state index in [4.69, 9.17) is 19.6 Å². The van der Waals surface area contributed by atoms with Crippen LogP contribution in [0.2, 0.25) is 0 Å². The SMILES string of the molecule is CNc1ncc(-c2nc3ccc(OCCCCCOc4cccc(Br)n4)cn3n2)c2cc(NC(=O)C3CC3)ncc12. The molecule has 2 N–H and O–H groups in total. The number of hydrogen-bond donors (Lipinski definition) is 2. The lowest BCUT2D eigenvalue weighted by Crippen LogP contribution is -2.14. The number of anilines is 2. The second-order valence-electron chi connectivity index (χ2n) is 9.81. The minimum Gasteiger partial charge on any atom is -0.492 e. The summed E-state index contributed by atoms with van der Waals surface area (Å²) in [7, 11) is 1.81. The van der Waals surface area contributed by atoms with Crippen LogP contribution in [-0.4, -0.2) is 55.7 Å². The Morgan fingerprint density at radius 2 is 1.88 bits per heavy atom. The van der Waals surface area contributed by atoms with Crippen LogP contribution >= 0.6 is 15.9 Å². The number of pyridine rings is 4. The normalized spacial score (nSPS) is 12.9. The van der Waals surface area contributed by atoms with Crippen molar-refractivity contribution in [3.05, 3.63) is 59.6 Å². The molecule has 1 aliphatic rings. The van der Waals surface area contributed by atoms with Gasteiger partial charge in [0.15, 0.2) is 11.5 Å². The lowest BCUT2D eigenvalue weighted by molar-refractivity contribution is -0.117. The maximum Gasteiger partial charge on any atom is 0.228 e. The van der Waals surface area contributed by atoms with Gasteiger partial charge < -0.3 is 20.1 Å². The molecule has 11 nitrogen and oxygen atoms in total. The van der Waals surface area contributed by atoms with Crippen molar-refractivity contribution in [2.75, 3.05) is 30.9 Å². The molecule has 12 heteroatoms. The summed E-state index contributed by atoms with van der Waals surface area (Å²) in [4.78, 5) is 30.3. The van der Waals surface area contributed by atoms with Gasteiger partial charge in [0, 0.05) is 47.8 Å². The van der Waals surface area contributed by atoms with E-state index in [0.717, 1.165) is 53.0 Å². The number of unbranched alkanes of at least 4 members (excludes halogenated alkanes) is 2. The van der Waals surface area contributed by atoms with Crippen molar-refractivity contribution in [1.82, 2.24) is 29.5 Å². The van der Waals surface area contributed by atoms with E-state index in [1.54, 1.807) is 16.9 Å². The summed E-state index contributed by atoms with van der Waals surface area (Å²) in [6, 6.07) is 11.2. The van der Waals surface area contributed by atoms with Crippen molar-refractivity contribution < 1.29 is 14.3 Å². The first-order valence-electron chi connectivity index (χ1n) is 13.6. The van der Waals surface area contributed by atoms with Crippen molar-refractivity contribution in [3.63, 3.8) is 0 Å². The van der Waals surface area contributed by atoms with Crippen LogP contribution in [0.15, 0.2) is 59.6 Å². The van der Waals surface area contributed by atoms with Gasteiger partial charge in [-0.1, -0.05) is 6.07 Å². The van der Waals surface area contributed by atoms with Crippen LogP contribution < -0.4 is 20.1 Å². The van der Waals surface area contributed by atoms with E-state index in [1.165, 1.54) is 0 Å². The molecule has 0 unspecified atom stereocenters. The maximum atomic E-state index is 12.3. The number of nitrogens with zero attached hydrogens (tertiary/aromatic N) is 6. The van der Waals surface area contributed by atoms with Crippen LogP contribution in [-0.2, 0) is 4.79 Å². The molecule has 0 spiro atoms. The van der Waals surface area contributed by atoms with E-state index in [2.05, 4.69) is 41.5 Å². The number of carbonyl (C=O) groups is 1. The van der Waals surface area contributed by atoms with Crippen molar-refractivity contribution in [2.24, 2.45) is 5.92 Å². The highest BCUT2D eigenvalue weighted by Crippen LogP contribution is 2.33. The molecule has 1 amide bonds. The van der Waals surface area contributed by atoms with Crippen molar-refractivity contribution in [2.45, 2.75) is 32.1 Å². The predicted molar refractivity (Wildman–Crippen MR) is 159 cm³/mol. The molecule has 0 saturated heterocycles. The topological polar surface area (TPSA) is 128 Å². The van der Waals surface area contributed by atoms with Crippen molar-refractivity contribution in [3.8, 4) is 23.0 Å². The van der Waals surface area contributed by atoms with Crippen molar-refractivity contribution >= 4 is 49.9 Å². The largest absolute Gasteiger partial charge is 0.492 e. The number of nitrogens with one attached hydrogen (secondary N) is 2. The summed E-state index contributed by atoms with van der Waals surface area (Å²) in [6.07, 6.45) is 9.93. The van der Waals surface area contributed by atoms with Crippen LogP contribution in [0.25, 0.3) is 27.8 Å². The number of halogens is 1. The van der Waals surface area contributed by atoms with Crippen LogP contribution in [0, 0.1) is 5.92 Å². The molecule has 0 radical (unpaired) electrons.